The van der Waals surface area contributed by atoms with Crippen LogP contribution in [0.4, 0.5) is 0 Å². The number of aromatic carboxylic acids is 1. The summed E-state index contributed by atoms with van der Waals surface area (Å²) in [5, 5.41) is 15.8. The Hall–Kier alpha value is -2.30. The Morgan fingerprint density at radius 1 is 1.40 bits per heavy atom. The van der Waals surface area contributed by atoms with Gasteiger partial charge in [-0.1, -0.05) is 32.0 Å². The predicted octanol–water partition coefficient (Wildman–Crippen LogP) is 3.12. The summed E-state index contributed by atoms with van der Waals surface area (Å²) < 4.78 is 5.74. The van der Waals surface area contributed by atoms with Crippen LogP contribution in [0.3, 0.4) is 0 Å². The Morgan fingerprint density at radius 2 is 2.10 bits per heavy atom. The van der Waals surface area contributed by atoms with Crippen LogP contribution in [-0.4, -0.2) is 21.3 Å². The fraction of sp³-hybridized carbons (Fsp3) is 0.333. The molecule has 0 amide bonds. The van der Waals surface area contributed by atoms with E-state index in [1.807, 2.05) is 24.3 Å². The first-order valence-electron chi connectivity index (χ1n) is 6.49. The smallest absolute Gasteiger partial charge is 0.339 e. The Balaban J connectivity index is 2.20. The minimum Gasteiger partial charge on any atom is -0.487 e. The maximum Gasteiger partial charge on any atom is 0.339 e. The highest BCUT2D eigenvalue weighted by atomic mass is 16.5. The molecule has 2 N–H and O–H groups in total. The Labute approximate surface area is 117 Å². The molecule has 0 radical (unpaired) electrons. The number of carboxylic acids is 1. The molecule has 5 heteroatoms. The number of rotatable bonds is 5. The highest BCUT2D eigenvalue weighted by molar-refractivity contribution is 5.90. The molecule has 0 bridgehead atoms. The van der Waals surface area contributed by atoms with Gasteiger partial charge in [-0.25, -0.2) is 4.79 Å². The Morgan fingerprint density at radius 3 is 2.75 bits per heavy atom. The number of ether oxygens (including phenoxy) is 1. The number of hydrogen-bond donors (Lipinski definition) is 2. The third-order valence-electron chi connectivity index (χ3n) is 3.14. The van der Waals surface area contributed by atoms with Crippen LogP contribution in [0.5, 0.6) is 5.75 Å². The van der Waals surface area contributed by atoms with Gasteiger partial charge in [-0.3, -0.25) is 5.10 Å². The highest BCUT2D eigenvalue weighted by Gasteiger charge is 2.18. The number of nitrogens with one attached hydrogen (secondary N) is 1. The lowest BCUT2D eigenvalue weighted by Crippen LogP contribution is -2.06. The summed E-state index contributed by atoms with van der Waals surface area (Å²) in [6, 6.07) is 7.75. The van der Waals surface area contributed by atoms with Crippen LogP contribution in [0.1, 0.15) is 47.1 Å². The molecular weight excluding hydrogens is 256 g/mol. The highest BCUT2D eigenvalue weighted by Crippen LogP contribution is 2.26. The van der Waals surface area contributed by atoms with E-state index in [0.717, 1.165) is 11.3 Å². The van der Waals surface area contributed by atoms with E-state index in [-0.39, 0.29) is 12.2 Å². The van der Waals surface area contributed by atoms with Crippen molar-refractivity contribution in [3.05, 3.63) is 46.8 Å². The lowest BCUT2D eigenvalue weighted by Gasteiger charge is -2.13. The molecule has 106 valence electrons. The number of carbonyl (C=O) groups is 1. The molecule has 0 aliphatic rings. The lowest BCUT2D eigenvalue weighted by molar-refractivity contribution is 0.0693. The SMILES string of the molecule is Cc1[nH]nc(COc2ccccc2C(C)C)c1C(=O)O. The number of nitrogens with zero attached hydrogens (tertiary/aromatic N) is 1. The zero-order valence-corrected chi connectivity index (χ0v) is 11.8. The quantitative estimate of drug-likeness (QED) is 0.878. The molecule has 0 atom stereocenters. The third-order valence-corrected chi connectivity index (χ3v) is 3.14. The number of para-hydroxylation sites is 1. The molecule has 1 aromatic carbocycles. The van der Waals surface area contributed by atoms with Crippen molar-refractivity contribution in [3.63, 3.8) is 0 Å². The van der Waals surface area contributed by atoms with E-state index in [2.05, 4.69) is 24.0 Å². The van der Waals surface area contributed by atoms with Gasteiger partial charge in [-0.05, 0) is 24.5 Å². The summed E-state index contributed by atoms with van der Waals surface area (Å²) >= 11 is 0. The second-order valence-corrected chi connectivity index (χ2v) is 4.96. The molecule has 2 rings (SSSR count). The summed E-state index contributed by atoms with van der Waals surface area (Å²) in [6.45, 7) is 5.99. The zero-order chi connectivity index (χ0) is 14.7. The van der Waals surface area contributed by atoms with E-state index >= 15 is 0 Å². The summed E-state index contributed by atoms with van der Waals surface area (Å²) in [4.78, 5) is 11.2. The Kier molecular flexibility index (Phi) is 4.08. The minimum absolute atomic E-state index is 0.135. The maximum atomic E-state index is 11.2. The fourth-order valence-electron chi connectivity index (χ4n) is 2.10. The molecule has 5 nitrogen and oxygen atoms in total. The fourth-order valence-corrected chi connectivity index (χ4v) is 2.10. The largest absolute Gasteiger partial charge is 0.487 e. The molecule has 20 heavy (non-hydrogen) atoms. The van der Waals surface area contributed by atoms with Gasteiger partial charge in [-0.2, -0.15) is 5.10 Å². The average Bonchev–Trinajstić information content (AvgIpc) is 2.77. The molecular formula is C15H18N2O3. The molecule has 0 aliphatic carbocycles. The van der Waals surface area contributed by atoms with Gasteiger partial charge in [0.15, 0.2) is 0 Å². The van der Waals surface area contributed by atoms with E-state index in [1.54, 1.807) is 6.92 Å². The number of aromatic amines is 1. The van der Waals surface area contributed by atoms with E-state index in [9.17, 15) is 4.79 Å². The van der Waals surface area contributed by atoms with Crippen LogP contribution in [0, 0.1) is 6.92 Å². The van der Waals surface area contributed by atoms with E-state index in [4.69, 9.17) is 9.84 Å². The molecule has 1 heterocycles. The van der Waals surface area contributed by atoms with E-state index in [0.29, 0.717) is 17.3 Å². The second-order valence-electron chi connectivity index (χ2n) is 4.96. The van der Waals surface area contributed by atoms with Crippen LogP contribution in [-0.2, 0) is 6.61 Å². The van der Waals surface area contributed by atoms with Crippen molar-refractivity contribution in [3.8, 4) is 5.75 Å². The van der Waals surface area contributed by atoms with Crippen LogP contribution >= 0.6 is 0 Å². The number of benzene rings is 1. The molecule has 0 spiro atoms. The standard InChI is InChI=1S/C15H18N2O3/c1-9(2)11-6-4-5-7-13(11)20-8-12-14(15(18)19)10(3)16-17-12/h4-7,9H,8H2,1-3H3,(H,16,17)(H,18,19). The van der Waals surface area contributed by atoms with Gasteiger partial charge in [0.2, 0.25) is 0 Å². The third kappa shape index (κ3) is 2.82. The molecule has 0 aliphatic heterocycles. The summed E-state index contributed by atoms with van der Waals surface area (Å²) in [5.74, 6) is 0.109. The van der Waals surface area contributed by atoms with Crippen LogP contribution in [0.2, 0.25) is 0 Å². The minimum atomic E-state index is -0.994. The molecule has 0 saturated carbocycles. The van der Waals surface area contributed by atoms with Gasteiger partial charge in [0.1, 0.15) is 23.6 Å². The molecule has 2 aromatic rings. The number of H-pyrrole nitrogens is 1. The van der Waals surface area contributed by atoms with Crippen molar-refractivity contribution in [1.82, 2.24) is 10.2 Å². The van der Waals surface area contributed by atoms with E-state index < -0.39 is 5.97 Å². The van der Waals surface area contributed by atoms with Crippen LogP contribution in [0.15, 0.2) is 24.3 Å². The van der Waals surface area contributed by atoms with Gasteiger partial charge in [-0.15, -0.1) is 0 Å². The predicted molar refractivity (Wildman–Crippen MR) is 75.1 cm³/mol. The van der Waals surface area contributed by atoms with Gasteiger partial charge >= 0.3 is 5.97 Å². The van der Waals surface area contributed by atoms with Gasteiger partial charge in [0.05, 0.1) is 0 Å². The summed E-state index contributed by atoms with van der Waals surface area (Å²) in [6.07, 6.45) is 0. The molecule has 1 aromatic heterocycles. The van der Waals surface area contributed by atoms with E-state index in [1.165, 1.54) is 0 Å². The zero-order valence-electron chi connectivity index (χ0n) is 11.8. The normalized spacial score (nSPS) is 10.8. The second kappa shape index (κ2) is 5.77. The van der Waals surface area contributed by atoms with Crippen molar-refractivity contribution in [2.75, 3.05) is 0 Å². The van der Waals surface area contributed by atoms with Crippen molar-refractivity contribution in [1.29, 1.82) is 0 Å². The number of aryl methyl sites for hydroxylation is 1. The average molecular weight is 274 g/mol. The summed E-state index contributed by atoms with van der Waals surface area (Å²) in [7, 11) is 0. The van der Waals surface area contributed by atoms with Gasteiger partial charge in [0.25, 0.3) is 0 Å². The summed E-state index contributed by atoms with van der Waals surface area (Å²) in [5.41, 5.74) is 2.23. The number of carboxylic acid groups (broad SMARTS) is 1. The van der Waals surface area contributed by atoms with Crippen LogP contribution < -0.4 is 4.74 Å². The monoisotopic (exact) mass is 274 g/mol. The Bertz CT molecular complexity index is 617. The topological polar surface area (TPSA) is 75.2 Å². The van der Waals surface area contributed by atoms with Crippen molar-refractivity contribution < 1.29 is 14.6 Å². The number of hydrogen-bond acceptors (Lipinski definition) is 3. The lowest BCUT2D eigenvalue weighted by atomic mass is 10.0. The number of aromatic nitrogens is 2. The van der Waals surface area contributed by atoms with Crippen molar-refractivity contribution in [2.45, 2.75) is 33.3 Å². The molecule has 0 unspecified atom stereocenters. The van der Waals surface area contributed by atoms with Gasteiger partial charge in [0, 0.05) is 5.69 Å². The first kappa shape index (κ1) is 14.1. The molecule has 0 fully saturated rings. The first-order valence-corrected chi connectivity index (χ1v) is 6.49. The van der Waals surface area contributed by atoms with Gasteiger partial charge < -0.3 is 9.84 Å². The molecule has 0 saturated heterocycles. The van der Waals surface area contributed by atoms with Crippen LogP contribution in [0.25, 0.3) is 0 Å². The maximum absolute atomic E-state index is 11.2. The van der Waals surface area contributed by atoms with Crippen molar-refractivity contribution >= 4 is 5.97 Å². The van der Waals surface area contributed by atoms with Crippen molar-refractivity contribution in [2.24, 2.45) is 0 Å². The first-order chi connectivity index (χ1) is 9.50.